The molecule has 0 N–H and O–H groups in total. The van der Waals surface area contributed by atoms with Crippen LogP contribution in [0.2, 0.25) is 0 Å². The van der Waals surface area contributed by atoms with Crippen LogP contribution in [0.3, 0.4) is 0 Å². The molecule has 150 valence electrons. The first-order valence-corrected chi connectivity index (χ1v) is 10.6. The van der Waals surface area contributed by atoms with Gasteiger partial charge in [0.2, 0.25) is 0 Å². The number of fused-ring (bicyclic) bond motifs is 1. The fraction of sp³-hybridized carbons (Fsp3) is 0.591. The van der Waals surface area contributed by atoms with Crippen LogP contribution in [0.4, 0.5) is 5.82 Å². The molecule has 1 aliphatic heterocycles. The van der Waals surface area contributed by atoms with E-state index in [4.69, 9.17) is 15.0 Å². The van der Waals surface area contributed by atoms with Gasteiger partial charge < -0.3 is 9.80 Å². The third-order valence-electron chi connectivity index (χ3n) is 6.13. The number of likely N-dealkylation sites (N-methyl/N-ethyl adjacent to an activating group) is 1. The minimum Gasteiger partial charge on any atom is -0.354 e. The van der Waals surface area contributed by atoms with Crippen molar-refractivity contribution in [2.24, 2.45) is 0 Å². The van der Waals surface area contributed by atoms with Crippen LogP contribution in [0.5, 0.6) is 0 Å². The summed E-state index contributed by atoms with van der Waals surface area (Å²) in [6, 6.07) is 6.84. The van der Waals surface area contributed by atoms with Crippen molar-refractivity contribution >= 4 is 5.82 Å². The second-order valence-corrected chi connectivity index (χ2v) is 8.06. The van der Waals surface area contributed by atoms with Crippen molar-refractivity contribution in [3.05, 3.63) is 47.2 Å². The molecular formula is C22H32N6. The Bertz CT molecular complexity index is 799. The van der Waals surface area contributed by atoms with Crippen LogP contribution in [-0.4, -0.2) is 64.5 Å². The van der Waals surface area contributed by atoms with Crippen LogP contribution >= 0.6 is 0 Å². The van der Waals surface area contributed by atoms with E-state index < -0.39 is 0 Å². The highest BCUT2D eigenvalue weighted by Gasteiger charge is 2.25. The predicted molar refractivity (Wildman–Crippen MR) is 112 cm³/mol. The third kappa shape index (κ3) is 4.18. The van der Waals surface area contributed by atoms with E-state index in [9.17, 15) is 0 Å². The van der Waals surface area contributed by atoms with Crippen molar-refractivity contribution in [1.29, 1.82) is 0 Å². The van der Waals surface area contributed by atoms with Gasteiger partial charge >= 0.3 is 0 Å². The number of hydrogen-bond acceptors (Lipinski definition) is 6. The fourth-order valence-electron chi connectivity index (χ4n) is 4.53. The summed E-state index contributed by atoms with van der Waals surface area (Å²) in [6.07, 6.45) is 5.46. The summed E-state index contributed by atoms with van der Waals surface area (Å²) < 4.78 is 0. The van der Waals surface area contributed by atoms with Crippen LogP contribution < -0.4 is 4.90 Å². The second-order valence-electron chi connectivity index (χ2n) is 8.06. The molecule has 0 saturated carbocycles. The molecule has 6 heteroatoms. The van der Waals surface area contributed by atoms with Crippen molar-refractivity contribution in [3.8, 4) is 0 Å². The lowest BCUT2D eigenvalue weighted by Crippen LogP contribution is -2.46. The lowest BCUT2D eigenvalue weighted by atomic mass is 9.91. The molecule has 0 amide bonds. The summed E-state index contributed by atoms with van der Waals surface area (Å²) in [5.74, 6) is 1.94. The van der Waals surface area contributed by atoms with Gasteiger partial charge in [0, 0.05) is 45.0 Å². The number of pyridine rings is 1. The summed E-state index contributed by atoms with van der Waals surface area (Å²) in [5.41, 5.74) is 3.75. The maximum absolute atomic E-state index is 4.74. The maximum Gasteiger partial charge on any atom is 0.132 e. The summed E-state index contributed by atoms with van der Waals surface area (Å²) in [5, 5.41) is 0. The Hall–Kier alpha value is -2.05. The Morgan fingerprint density at radius 1 is 1.18 bits per heavy atom. The summed E-state index contributed by atoms with van der Waals surface area (Å²) >= 11 is 0. The van der Waals surface area contributed by atoms with Crippen LogP contribution in [0.15, 0.2) is 24.4 Å². The van der Waals surface area contributed by atoms with E-state index in [1.54, 1.807) is 0 Å². The van der Waals surface area contributed by atoms with E-state index in [-0.39, 0.29) is 0 Å². The largest absolute Gasteiger partial charge is 0.354 e. The molecule has 4 rings (SSSR count). The molecule has 0 radical (unpaired) electrons. The molecule has 0 spiro atoms. The number of aryl methyl sites for hydroxylation is 2. The topological polar surface area (TPSA) is 48.4 Å². The van der Waals surface area contributed by atoms with Crippen LogP contribution in [0, 0.1) is 6.92 Å². The lowest BCUT2D eigenvalue weighted by Gasteiger charge is -2.35. The van der Waals surface area contributed by atoms with Gasteiger partial charge in [-0.05, 0) is 51.4 Å². The molecule has 6 nitrogen and oxygen atoms in total. The lowest BCUT2D eigenvalue weighted by molar-refractivity contribution is 0.206. The van der Waals surface area contributed by atoms with Gasteiger partial charge in [0.1, 0.15) is 11.6 Å². The first-order valence-electron chi connectivity index (χ1n) is 10.6. The Balaban J connectivity index is 1.49. The Morgan fingerprint density at radius 2 is 2.00 bits per heavy atom. The number of rotatable bonds is 5. The number of hydrogen-bond donors (Lipinski definition) is 0. The highest BCUT2D eigenvalue weighted by atomic mass is 15.3. The quantitative estimate of drug-likeness (QED) is 0.795. The zero-order chi connectivity index (χ0) is 19.5. The van der Waals surface area contributed by atoms with Crippen LogP contribution in [0.25, 0.3) is 0 Å². The van der Waals surface area contributed by atoms with Crippen LogP contribution in [0.1, 0.15) is 48.6 Å². The van der Waals surface area contributed by atoms with Gasteiger partial charge in [0.25, 0.3) is 0 Å². The van der Waals surface area contributed by atoms with Gasteiger partial charge in [-0.3, -0.25) is 9.88 Å². The Labute approximate surface area is 168 Å². The number of anilines is 1. The molecule has 1 atom stereocenters. The van der Waals surface area contributed by atoms with Gasteiger partial charge in [-0.25, -0.2) is 9.97 Å². The second kappa shape index (κ2) is 8.53. The van der Waals surface area contributed by atoms with E-state index in [0.717, 1.165) is 69.4 Å². The highest BCUT2D eigenvalue weighted by molar-refractivity contribution is 5.40. The zero-order valence-corrected chi connectivity index (χ0v) is 17.4. The monoisotopic (exact) mass is 380 g/mol. The van der Waals surface area contributed by atoms with Gasteiger partial charge in [0.15, 0.2) is 0 Å². The average molecular weight is 381 g/mol. The molecule has 28 heavy (non-hydrogen) atoms. The smallest absolute Gasteiger partial charge is 0.132 e. The number of nitrogens with zero attached hydrogens (tertiary/aromatic N) is 6. The minimum absolute atomic E-state index is 0.372. The summed E-state index contributed by atoms with van der Waals surface area (Å²) in [6.45, 7) is 10.5. The first kappa shape index (κ1) is 19.3. The molecule has 1 aliphatic carbocycles. The summed E-state index contributed by atoms with van der Waals surface area (Å²) in [4.78, 5) is 21.5. The molecule has 3 heterocycles. The maximum atomic E-state index is 4.74. The zero-order valence-electron chi connectivity index (χ0n) is 17.4. The van der Waals surface area contributed by atoms with E-state index in [2.05, 4.69) is 46.9 Å². The SMILES string of the molecule is CCN1CCN(c2cc(CN(C)[C@H]3CCCc4cccnc43)nc(C)n2)CC1. The van der Waals surface area contributed by atoms with Gasteiger partial charge in [0.05, 0.1) is 17.4 Å². The van der Waals surface area contributed by atoms with Crippen molar-refractivity contribution in [1.82, 2.24) is 24.8 Å². The van der Waals surface area contributed by atoms with Crippen molar-refractivity contribution in [2.45, 2.75) is 45.7 Å². The highest BCUT2D eigenvalue weighted by Crippen LogP contribution is 2.32. The minimum atomic E-state index is 0.372. The van der Waals surface area contributed by atoms with Crippen molar-refractivity contribution < 1.29 is 0 Å². The number of aromatic nitrogens is 3. The molecule has 2 aromatic heterocycles. The molecule has 2 aromatic rings. The molecule has 0 bridgehead atoms. The molecule has 2 aliphatic rings. The van der Waals surface area contributed by atoms with Gasteiger partial charge in [-0.2, -0.15) is 0 Å². The molecule has 0 unspecified atom stereocenters. The van der Waals surface area contributed by atoms with E-state index >= 15 is 0 Å². The van der Waals surface area contributed by atoms with E-state index in [1.165, 1.54) is 17.7 Å². The van der Waals surface area contributed by atoms with Gasteiger partial charge in [-0.1, -0.05) is 13.0 Å². The van der Waals surface area contributed by atoms with Crippen LogP contribution in [-0.2, 0) is 13.0 Å². The van der Waals surface area contributed by atoms with E-state index in [0.29, 0.717) is 6.04 Å². The van der Waals surface area contributed by atoms with E-state index in [1.807, 2.05) is 13.1 Å². The summed E-state index contributed by atoms with van der Waals surface area (Å²) in [7, 11) is 2.20. The number of piperazine rings is 1. The average Bonchev–Trinajstić information content (AvgIpc) is 2.73. The van der Waals surface area contributed by atoms with Gasteiger partial charge in [-0.15, -0.1) is 0 Å². The Morgan fingerprint density at radius 3 is 2.79 bits per heavy atom. The molecule has 0 aromatic carbocycles. The third-order valence-corrected chi connectivity index (χ3v) is 6.13. The van der Waals surface area contributed by atoms with Crippen molar-refractivity contribution in [3.63, 3.8) is 0 Å². The molecule has 1 fully saturated rings. The normalized spacial score (nSPS) is 20.4. The van der Waals surface area contributed by atoms with Crippen molar-refractivity contribution in [2.75, 3.05) is 44.7 Å². The molecular weight excluding hydrogens is 348 g/mol. The standard InChI is InChI=1S/C22H32N6/c1-4-27-11-13-28(14-12-27)21-15-19(24-17(2)25-21)16-26(3)20-9-5-7-18-8-6-10-23-22(18)20/h6,8,10,15,20H,4-5,7,9,11-14,16H2,1-3H3/t20-/m0/s1. The molecule has 1 saturated heterocycles. The predicted octanol–water partition coefficient (Wildman–Crippen LogP) is 2.83. The first-order chi connectivity index (χ1) is 13.6. The Kier molecular flexibility index (Phi) is 5.87. The fourth-order valence-corrected chi connectivity index (χ4v) is 4.53.